The number of hydrogen-bond acceptors (Lipinski definition) is 8. The molecule has 0 saturated heterocycles. The number of para-hydroxylation sites is 1. The van der Waals surface area contributed by atoms with Gasteiger partial charge in [0.25, 0.3) is 0 Å². The Labute approximate surface area is 205 Å². The van der Waals surface area contributed by atoms with Crippen molar-refractivity contribution in [3.8, 4) is 5.75 Å². The zero-order valence-corrected chi connectivity index (χ0v) is 20.7. The van der Waals surface area contributed by atoms with E-state index in [1.54, 1.807) is 50.4 Å². The lowest BCUT2D eigenvalue weighted by molar-refractivity contribution is 0.0600. The van der Waals surface area contributed by atoms with Crippen molar-refractivity contribution < 1.29 is 22.7 Å². The van der Waals surface area contributed by atoms with Crippen molar-refractivity contribution >= 4 is 28.0 Å². The molecule has 3 rings (SSSR count). The number of pyridine rings is 1. The summed E-state index contributed by atoms with van der Waals surface area (Å²) in [6.07, 6.45) is 2.91. The lowest BCUT2D eigenvalue weighted by Crippen LogP contribution is -2.30. The van der Waals surface area contributed by atoms with Gasteiger partial charge in [-0.2, -0.15) is 9.41 Å². The molecule has 10 heteroatoms. The van der Waals surface area contributed by atoms with Crippen molar-refractivity contribution in [3.05, 3.63) is 83.6 Å². The second-order valence-electron chi connectivity index (χ2n) is 7.35. The molecule has 0 aliphatic heterocycles. The molecule has 0 spiro atoms. The van der Waals surface area contributed by atoms with Gasteiger partial charge in [0.15, 0.2) is 0 Å². The molecule has 3 aromatic rings. The van der Waals surface area contributed by atoms with Crippen LogP contribution in [0, 0.1) is 0 Å². The third-order valence-corrected chi connectivity index (χ3v) is 7.18. The molecule has 0 aliphatic rings. The average Bonchev–Trinajstić information content (AvgIpc) is 2.89. The molecule has 1 aromatic heterocycles. The highest BCUT2D eigenvalue weighted by Gasteiger charge is 2.21. The van der Waals surface area contributed by atoms with Gasteiger partial charge in [-0.25, -0.2) is 18.2 Å². The van der Waals surface area contributed by atoms with Crippen molar-refractivity contribution in [1.29, 1.82) is 0 Å². The van der Waals surface area contributed by atoms with Crippen molar-refractivity contribution in [2.24, 2.45) is 5.10 Å². The van der Waals surface area contributed by atoms with E-state index >= 15 is 0 Å². The minimum absolute atomic E-state index is 0.133. The summed E-state index contributed by atoms with van der Waals surface area (Å²) in [5, 5.41) is 4.20. The number of esters is 1. The summed E-state index contributed by atoms with van der Waals surface area (Å²) in [6, 6.07) is 17.5. The number of rotatable bonds is 11. The lowest BCUT2D eigenvalue weighted by atomic mass is 10.1. The first-order valence-electron chi connectivity index (χ1n) is 11.0. The first-order valence-corrected chi connectivity index (χ1v) is 12.5. The second kappa shape index (κ2) is 12.1. The summed E-state index contributed by atoms with van der Waals surface area (Å²) in [5.41, 5.74) is 4.91. The van der Waals surface area contributed by atoms with Crippen LogP contribution in [0.2, 0.25) is 0 Å². The molecule has 0 bridgehead atoms. The number of carbonyl (C=O) groups is 1. The number of carbonyl (C=O) groups excluding carboxylic acids is 1. The Morgan fingerprint density at radius 3 is 2.40 bits per heavy atom. The zero-order valence-electron chi connectivity index (χ0n) is 19.8. The maximum atomic E-state index is 12.6. The number of benzene rings is 2. The minimum Gasteiger partial charge on any atom is -0.488 e. The van der Waals surface area contributed by atoms with E-state index in [1.807, 2.05) is 24.3 Å². The normalized spacial score (nSPS) is 11.5. The number of nitrogens with one attached hydrogen (secondary N) is 1. The molecule has 0 amide bonds. The maximum Gasteiger partial charge on any atom is 0.337 e. The van der Waals surface area contributed by atoms with Crippen LogP contribution in [-0.4, -0.2) is 50.1 Å². The third-order valence-electron chi connectivity index (χ3n) is 5.15. The van der Waals surface area contributed by atoms with E-state index in [-0.39, 0.29) is 10.9 Å². The number of hydrazone groups is 1. The molecule has 0 fully saturated rings. The van der Waals surface area contributed by atoms with Gasteiger partial charge in [0, 0.05) is 24.8 Å². The van der Waals surface area contributed by atoms with Crippen LogP contribution in [0.3, 0.4) is 0 Å². The zero-order chi connectivity index (χ0) is 25.3. The fraction of sp³-hybridized carbons (Fsp3) is 0.240. The van der Waals surface area contributed by atoms with Crippen LogP contribution in [-0.2, 0) is 21.4 Å². The van der Waals surface area contributed by atoms with Crippen LogP contribution >= 0.6 is 0 Å². The van der Waals surface area contributed by atoms with Crippen molar-refractivity contribution in [2.75, 3.05) is 25.6 Å². The van der Waals surface area contributed by atoms with Crippen LogP contribution in [0.1, 0.15) is 35.3 Å². The van der Waals surface area contributed by atoms with Crippen LogP contribution in [0.5, 0.6) is 5.75 Å². The summed E-state index contributed by atoms with van der Waals surface area (Å²) in [7, 11) is -2.22. The second-order valence-corrected chi connectivity index (χ2v) is 9.29. The number of methoxy groups -OCH3 is 1. The Kier molecular flexibility index (Phi) is 8.93. The molecule has 0 saturated carbocycles. The molecule has 9 nitrogen and oxygen atoms in total. The first-order chi connectivity index (χ1) is 16.9. The highest BCUT2D eigenvalue weighted by atomic mass is 32.2. The van der Waals surface area contributed by atoms with Gasteiger partial charge < -0.3 is 9.47 Å². The van der Waals surface area contributed by atoms with Crippen molar-refractivity contribution in [3.63, 3.8) is 0 Å². The predicted octanol–water partition coefficient (Wildman–Crippen LogP) is 3.92. The number of ether oxygens (including phenoxy) is 2. The van der Waals surface area contributed by atoms with Gasteiger partial charge in [0.2, 0.25) is 10.0 Å². The van der Waals surface area contributed by atoms with E-state index in [0.29, 0.717) is 36.8 Å². The van der Waals surface area contributed by atoms with Crippen LogP contribution in [0.15, 0.2) is 76.9 Å². The SMILES string of the molecule is CCN(CC)S(=O)(=O)c1ccc(N/N=C/c2ccccc2OCc2ccc(C(=O)OC)cc2)nc1. The smallest absolute Gasteiger partial charge is 0.337 e. The van der Waals surface area contributed by atoms with Gasteiger partial charge >= 0.3 is 5.97 Å². The quantitative estimate of drug-likeness (QED) is 0.243. The molecule has 1 N–H and O–H groups in total. The Morgan fingerprint density at radius 2 is 1.77 bits per heavy atom. The molecule has 1 heterocycles. The van der Waals surface area contributed by atoms with Gasteiger partial charge in [-0.3, -0.25) is 5.43 Å². The number of nitrogens with zero attached hydrogens (tertiary/aromatic N) is 3. The van der Waals surface area contributed by atoms with E-state index in [9.17, 15) is 13.2 Å². The topological polar surface area (TPSA) is 110 Å². The molecular formula is C25H28N4O5S. The molecule has 2 aromatic carbocycles. The molecular weight excluding hydrogens is 468 g/mol. The number of sulfonamides is 1. The van der Waals surface area contributed by atoms with Gasteiger partial charge in [0.05, 0.1) is 18.9 Å². The standard InChI is InChI=1S/C25H28N4O5S/c1-4-29(5-2)35(31,32)22-14-15-24(26-17-22)28-27-16-21-8-6-7-9-23(21)34-18-19-10-12-20(13-11-19)25(30)33-3/h6-17H,4-5,18H2,1-3H3,(H,26,28)/b27-16+. The van der Waals surface area contributed by atoms with Crippen LogP contribution in [0.25, 0.3) is 0 Å². The summed E-state index contributed by atoms with van der Waals surface area (Å²) in [6.45, 7) is 4.68. The predicted molar refractivity (Wildman–Crippen MR) is 134 cm³/mol. The lowest BCUT2D eigenvalue weighted by Gasteiger charge is -2.18. The van der Waals surface area contributed by atoms with E-state index in [0.717, 1.165) is 11.1 Å². The van der Waals surface area contributed by atoms with E-state index in [4.69, 9.17) is 9.47 Å². The van der Waals surface area contributed by atoms with Gasteiger partial charge in [-0.05, 0) is 42.0 Å². The number of anilines is 1. The monoisotopic (exact) mass is 496 g/mol. The fourth-order valence-electron chi connectivity index (χ4n) is 3.21. The molecule has 35 heavy (non-hydrogen) atoms. The van der Waals surface area contributed by atoms with Gasteiger partial charge in [0.1, 0.15) is 23.1 Å². The number of hydrogen-bond donors (Lipinski definition) is 1. The Hall–Kier alpha value is -3.76. The first kappa shape index (κ1) is 25.9. The van der Waals surface area contributed by atoms with E-state index in [2.05, 4.69) is 15.5 Å². The summed E-state index contributed by atoms with van der Waals surface area (Å²) < 4.78 is 37.1. The van der Waals surface area contributed by atoms with Gasteiger partial charge in [-0.15, -0.1) is 0 Å². The Balaban J connectivity index is 1.63. The molecule has 0 unspecified atom stereocenters. The van der Waals surface area contributed by atoms with E-state index < -0.39 is 10.0 Å². The Morgan fingerprint density at radius 1 is 1.06 bits per heavy atom. The average molecular weight is 497 g/mol. The van der Waals surface area contributed by atoms with Crippen LogP contribution < -0.4 is 10.2 Å². The largest absolute Gasteiger partial charge is 0.488 e. The number of aromatic nitrogens is 1. The highest BCUT2D eigenvalue weighted by molar-refractivity contribution is 7.89. The molecule has 0 aliphatic carbocycles. The van der Waals surface area contributed by atoms with Gasteiger partial charge in [-0.1, -0.05) is 38.1 Å². The van der Waals surface area contributed by atoms with Crippen molar-refractivity contribution in [1.82, 2.24) is 9.29 Å². The highest BCUT2D eigenvalue weighted by Crippen LogP contribution is 2.19. The molecule has 0 atom stereocenters. The minimum atomic E-state index is -3.56. The maximum absolute atomic E-state index is 12.6. The van der Waals surface area contributed by atoms with E-state index in [1.165, 1.54) is 23.7 Å². The summed E-state index contributed by atoms with van der Waals surface area (Å²) >= 11 is 0. The molecule has 184 valence electrons. The Bertz CT molecular complexity index is 1260. The third kappa shape index (κ3) is 6.65. The summed E-state index contributed by atoms with van der Waals surface area (Å²) in [5.74, 6) is 0.647. The summed E-state index contributed by atoms with van der Waals surface area (Å²) in [4.78, 5) is 15.8. The molecule has 0 radical (unpaired) electrons. The van der Waals surface area contributed by atoms with Crippen molar-refractivity contribution in [2.45, 2.75) is 25.3 Å². The fourth-order valence-corrected chi connectivity index (χ4v) is 4.62. The van der Waals surface area contributed by atoms with Crippen LogP contribution in [0.4, 0.5) is 5.82 Å².